The van der Waals surface area contributed by atoms with Gasteiger partial charge in [0.05, 0.1) is 12.2 Å². The van der Waals surface area contributed by atoms with Crippen molar-refractivity contribution < 1.29 is 9.90 Å². The van der Waals surface area contributed by atoms with Crippen molar-refractivity contribution in [1.82, 2.24) is 10.3 Å². The Labute approximate surface area is 74.9 Å². The number of carboxylic acid groups (broad SMARTS) is 1. The average Bonchev–Trinajstić information content (AvgIpc) is 2.17. The van der Waals surface area contributed by atoms with E-state index in [0.717, 1.165) is 11.3 Å². The van der Waals surface area contributed by atoms with Crippen molar-refractivity contribution in [2.45, 2.75) is 6.54 Å². The second-order valence-electron chi connectivity index (χ2n) is 2.76. The van der Waals surface area contributed by atoms with Gasteiger partial charge in [0.2, 0.25) is 0 Å². The van der Waals surface area contributed by atoms with Crippen molar-refractivity contribution >= 4 is 12.0 Å². The lowest BCUT2D eigenvalue weighted by Gasteiger charge is -2.14. The number of carboxylic acids is 1. The molecular formula is C9H8N2O2. The molecule has 0 radical (unpaired) electrons. The molecule has 1 aromatic rings. The molecule has 2 heterocycles. The molecule has 4 nitrogen and oxygen atoms in total. The first-order valence-corrected chi connectivity index (χ1v) is 3.90. The van der Waals surface area contributed by atoms with Gasteiger partial charge in [-0.05, 0) is 12.1 Å². The number of carbonyl (C=O) groups is 1. The van der Waals surface area contributed by atoms with Gasteiger partial charge in [-0.2, -0.15) is 0 Å². The van der Waals surface area contributed by atoms with E-state index in [9.17, 15) is 4.79 Å². The number of nitrogens with one attached hydrogen (secondary N) is 1. The summed E-state index contributed by atoms with van der Waals surface area (Å²) >= 11 is 0. The zero-order valence-corrected chi connectivity index (χ0v) is 6.82. The van der Waals surface area contributed by atoms with Crippen LogP contribution < -0.4 is 5.32 Å². The topological polar surface area (TPSA) is 62.2 Å². The molecule has 13 heavy (non-hydrogen) atoms. The molecule has 0 aromatic carbocycles. The van der Waals surface area contributed by atoms with Gasteiger partial charge in [-0.15, -0.1) is 0 Å². The minimum absolute atomic E-state index is 0.223. The van der Waals surface area contributed by atoms with Crippen molar-refractivity contribution in [3.8, 4) is 0 Å². The summed E-state index contributed by atoms with van der Waals surface area (Å²) in [6.45, 7) is 0.480. The summed E-state index contributed by atoms with van der Waals surface area (Å²) in [5.41, 5.74) is 1.98. The van der Waals surface area contributed by atoms with Crippen LogP contribution in [0.25, 0.3) is 6.08 Å². The standard InChI is InChI=1S/C9H8N2O2/c12-9(13)7-4-6-2-1-3-10-8(6)5-11-7/h1-4,11H,5H2,(H,12,13). The fourth-order valence-corrected chi connectivity index (χ4v) is 1.25. The predicted octanol–water partition coefficient (Wildman–Crippen LogP) is 0.610. The fourth-order valence-electron chi connectivity index (χ4n) is 1.25. The molecule has 0 atom stereocenters. The first kappa shape index (κ1) is 7.79. The normalized spacial score (nSPS) is 14.0. The number of pyridine rings is 1. The molecule has 0 saturated carbocycles. The van der Waals surface area contributed by atoms with E-state index >= 15 is 0 Å². The highest BCUT2D eigenvalue weighted by Gasteiger charge is 2.14. The van der Waals surface area contributed by atoms with Gasteiger partial charge in [-0.3, -0.25) is 4.98 Å². The van der Waals surface area contributed by atoms with Crippen molar-refractivity contribution in [3.63, 3.8) is 0 Å². The molecule has 0 saturated heterocycles. The lowest BCUT2D eigenvalue weighted by molar-refractivity contribution is -0.133. The summed E-state index contributed by atoms with van der Waals surface area (Å²) in [7, 11) is 0. The highest BCUT2D eigenvalue weighted by atomic mass is 16.4. The number of nitrogens with zero attached hydrogens (tertiary/aromatic N) is 1. The van der Waals surface area contributed by atoms with Crippen LogP contribution in [0.2, 0.25) is 0 Å². The van der Waals surface area contributed by atoms with Gasteiger partial charge >= 0.3 is 5.97 Å². The highest BCUT2D eigenvalue weighted by Crippen LogP contribution is 2.14. The Hall–Kier alpha value is -1.84. The third-order valence-electron chi connectivity index (χ3n) is 1.90. The van der Waals surface area contributed by atoms with Crippen molar-refractivity contribution in [1.29, 1.82) is 0 Å². The van der Waals surface area contributed by atoms with Crippen LogP contribution in [0.4, 0.5) is 0 Å². The Kier molecular flexibility index (Phi) is 1.73. The van der Waals surface area contributed by atoms with Crippen LogP contribution in [-0.2, 0) is 11.3 Å². The average molecular weight is 176 g/mol. The van der Waals surface area contributed by atoms with E-state index in [1.807, 2.05) is 6.07 Å². The number of hydrogen-bond acceptors (Lipinski definition) is 3. The SMILES string of the molecule is O=C(O)C1=Cc2cccnc2CN1. The Morgan fingerprint density at radius 1 is 1.62 bits per heavy atom. The van der Waals surface area contributed by atoms with Crippen LogP contribution >= 0.6 is 0 Å². The third-order valence-corrected chi connectivity index (χ3v) is 1.90. The van der Waals surface area contributed by atoms with Gasteiger partial charge in [0, 0.05) is 11.8 Å². The van der Waals surface area contributed by atoms with Gasteiger partial charge in [-0.1, -0.05) is 6.07 Å². The molecule has 0 unspecified atom stereocenters. The molecule has 0 spiro atoms. The van der Waals surface area contributed by atoms with Crippen molar-refractivity contribution in [2.24, 2.45) is 0 Å². The number of aliphatic carboxylic acids is 1. The predicted molar refractivity (Wildman–Crippen MR) is 46.7 cm³/mol. The van der Waals surface area contributed by atoms with Crippen molar-refractivity contribution in [3.05, 3.63) is 35.3 Å². The molecule has 0 amide bonds. The van der Waals surface area contributed by atoms with Gasteiger partial charge < -0.3 is 10.4 Å². The maximum Gasteiger partial charge on any atom is 0.351 e. The minimum Gasteiger partial charge on any atom is -0.477 e. The lowest BCUT2D eigenvalue weighted by atomic mass is 10.1. The zero-order valence-electron chi connectivity index (χ0n) is 6.82. The molecule has 0 aliphatic carbocycles. The van der Waals surface area contributed by atoms with E-state index < -0.39 is 5.97 Å². The van der Waals surface area contributed by atoms with Crippen molar-refractivity contribution in [2.75, 3.05) is 0 Å². The summed E-state index contributed by atoms with van der Waals surface area (Å²) in [6, 6.07) is 3.65. The Morgan fingerprint density at radius 2 is 2.46 bits per heavy atom. The maximum absolute atomic E-state index is 10.6. The molecule has 2 N–H and O–H groups in total. The molecule has 1 aromatic heterocycles. The van der Waals surface area contributed by atoms with Crippen LogP contribution in [-0.4, -0.2) is 16.1 Å². The summed E-state index contributed by atoms with van der Waals surface area (Å²) < 4.78 is 0. The van der Waals surface area contributed by atoms with Gasteiger partial charge in [-0.25, -0.2) is 4.79 Å². The highest BCUT2D eigenvalue weighted by molar-refractivity contribution is 5.92. The molecular weight excluding hydrogens is 168 g/mol. The molecule has 0 bridgehead atoms. The molecule has 2 rings (SSSR count). The minimum atomic E-state index is -0.936. The molecule has 0 fully saturated rings. The van der Waals surface area contributed by atoms with E-state index in [2.05, 4.69) is 10.3 Å². The van der Waals surface area contributed by atoms with Crippen LogP contribution in [0.15, 0.2) is 24.0 Å². The first-order chi connectivity index (χ1) is 6.27. The molecule has 1 aliphatic heterocycles. The molecule has 66 valence electrons. The van der Waals surface area contributed by atoms with E-state index in [4.69, 9.17) is 5.11 Å². The second kappa shape index (κ2) is 2.90. The summed E-state index contributed by atoms with van der Waals surface area (Å²) in [5, 5.41) is 11.5. The van der Waals surface area contributed by atoms with Crippen LogP contribution in [0.1, 0.15) is 11.3 Å². The number of aromatic nitrogens is 1. The monoisotopic (exact) mass is 176 g/mol. The Bertz CT molecular complexity index is 385. The van der Waals surface area contributed by atoms with Gasteiger partial charge in [0.1, 0.15) is 5.70 Å². The van der Waals surface area contributed by atoms with Crippen LogP contribution in [0.3, 0.4) is 0 Å². The van der Waals surface area contributed by atoms with E-state index in [-0.39, 0.29) is 5.70 Å². The van der Waals surface area contributed by atoms with Gasteiger partial charge in [0.25, 0.3) is 0 Å². The van der Waals surface area contributed by atoms with E-state index in [1.165, 1.54) is 0 Å². The maximum atomic E-state index is 10.6. The summed E-state index contributed by atoms with van der Waals surface area (Å²) in [5.74, 6) is -0.936. The Morgan fingerprint density at radius 3 is 3.23 bits per heavy atom. The largest absolute Gasteiger partial charge is 0.477 e. The van der Waals surface area contributed by atoms with Gasteiger partial charge in [0.15, 0.2) is 0 Å². The smallest absolute Gasteiger partial charge is 0.351 e. The first-order valence-electron chi connectivity index (χ1n) is 3.90. The number of fused-ring (bicyclic) bond motifs is 1. The quantitative estimate of drug-likeness (QED) is 0.658. The number of hydrogen-bond donors (Lipinski definition) is 2. The molecule has 4 heteroatoms. The fraction of sp³-hybridized carbons (Fsp3) is 0.111. The zero-order chi connectivity index (χ0) is 9.26. The van der Waals surface area contributed by atoms with Crippen LogP contribution in [0, 0.1) is 0 Å². The Balaban J connectivity index is 2.44. The second-order valence-corrected chi connectivity index (χ2v) is 2.76. The van der Waals surface area contributed by atoms with Crippen LogP contribution in [0.5, 0.6) is 0 Å². The van der Waals surface area contributed by atoms with E-state index in [0.29, 0.717) is 6.54 Å². The lowest BCUT2D eigenvalue weighted by Crippen LogP contribution is -2.23. The summed E-state index contributed by atoms with van der Waals surface area (Å²) in [4.78, 5) is 14.7. The third kappa shape index (κ3) is 1.38. The summed E-state index contributed by atoms with van der Waals surface area (Å²) in [6.07, 6.45) is 3.29. The van der Waals surface area contributed by atoms with E-state index in [1.54, 1.807) is 18.3 Å². The number of rotatable bonds is 1. The molecule has 1 aliphatic rings.